The summed E-state index contributed by atoms with van der Waals surface area (Å²) in [4.78, 5) is 14.3. The van der Waals surface area contributed by atoms with Gasteiger partial charge in [-0.2, -0.15) is 5.10 Å². The van der Waals surface area contributed by atoms with E-state index in [1.165, 1.54) is 22.3 Å². The molecule has 0 N–H and O–H groups in total. The summed E-state index contributed by atoms with van der Waals surface area (Å²) in [5, 5.41) is 4.42. The topological polar surface area (TPSA) is 38.1 Å². The van der Waals surface area contributed by atoms with Crippen LogP contribution in [0.3, 0.4) is 0 Å². The lowest BCUT2D eigenvalue weighted by molar-refractivity contribution is -0.130. The number of hydrogen-bond acceptors (Lipinski definition) is 2. The van der Waals surface area contributed by atoms with Gasteiger partial charge >= 0.3 is 0 Å². The summed E-state index contributed by atoms with van der Waals surface area (Å²) >= 11 is 0. The van der Waals surface area contributed by atoms with Crippen LogP contribution >= 0.6 is 0 Å². The second-order valence-electron chi connectivity index (χ2n) is 7.21. The number of aryl methyl sites for hydroxylation is 3. The molecule has 0 fully saturated rings. The van der Waals surface area contributed by atoms with Gasteiger partial charge in [-0.3, -0.25) is 9.48 Å². The fourth-order valence-corrected chi connectivity index (χ4v) is 3.27. The third kappa shape index (κ3) is 5.30. The lowest BCUT2D eigenvalue weighted by Crippen LogP contribution is -2.26. The molecule has 3 rings (SSSR count). The number of rotatable bonds is 7. The van der Waals surface area contributed by atoms with Gasteiger partial charge in [0.2, 0.25) is 5.91 Å². The van der Waals surface area contributed by atoms with Crippen LogP contribution in [0.4, 0.5) is 0 Å². The van der Waals surface area contributed by atoms with E-state index < -0.39 is 0 Å². The molecule has 140 valence electrons. The molecule has 4 heteroatoms. The van der Waals surface area contributed by atoms with E-state index in [2.05, 4.69) is 49.3 Å². The Bertz CT molecular complexity index is 899. The Labute approximate surface area is 161 Å². The zero-order chi connectivity index (χ0) is 19.2. The molecular formula is C23H27N3O. The average molecular weight is 361 g/mol. The van der Waals surface area contributed by atoms with Crippen molar-refractivity contribution in [3.05, 3.63) is 88.7 Å². The molecule has 0 unspecified atom stereocenters. The molecule has 4 nitrogen and oxygen atoms in total. The van der Waals surface area contributed by atoms with Crippen molar-refractivity contribution in [3.8, 4) is 0 Å². The summed E-state index contributed by atoms with van der Waals surface area (Å²) in [6.07, 6.45) is 5.17. The number of amides is 1. The van der Waals surface area contributed by atoms with Gasteiger partial charge in [0.25, 0.3) is 0 Å². The second-order valence-corrected chi connectivity index (χ2v) is 7.21. The fourth-order valence-electron chi connectivity index (χ4n) is 3.27. The second kappa shape index (κ2) is 8.67. The molecule has 27 heavy (non-hydrogen) atoms. The highest BCUT2D eigenvalue weighted by Crippen LogP contribution is 2.14. The Morgan fingerprint density at radius 1 is 1.07 bits per heavy atom. The van der Waals surface area contributed by atoms with Crippen molar-refractivity contribution < 1.29 is 4.79 Å². The van der Waals surface area contributed by atoms with Crippen molar-refractivity contribution in [1.29, 1.82) is 0 Å². The summed E-state index contributed by atoms with van der Waals surface area (Å²) in [6, 6.07) is 16.7. The Balaban J connectivity index is 1.52. The zero-order valence-electron chi connectivity index (χ0n) is 16.4. The fraction of sp³-hybridized carbons (Fsp3) is 0.304. The van der Waals surface area contributed by atoms with Gasteiger partial charge in [0.1, 0.15) is 0 Å². The van der Waals surface area contributed by atoms with Crippen LogP contribution in [0.25, 0.3) is 0 Å². The normalized spacial score (nSPS) is 10.8. The van der Waals surface area contributed by atoms with Crippen molar-refractivity contribution in [2.75, 3.05) is 7.05 Å². The molecule has 0 bridgehead atoms. The van der Waals surface area contributed by atoms with Gasteiger partial charge in [0.05, 0.1) is 12.7 Å². The first-order chi connectivity index (χ1) is 13.0. The standard InChI is InChI=1S/C23H27N3O/c1-18-9-10-22(19(2)13-18)11-12-23(27)25(3)15-21-14-24-26(17-21)16-20-7-5-4-6-8-20/h4-10,13-14,17H,11-12,15-16H2,1-3H3. The largest absolute Gasteiger partial charge is 0.341 e. The van der Waals surface area contributed by atoms with Gasteiger partial charge in [-0.1, -0.05) is 54.1 Å². The van der Waals surface area contributed by atoms with Crippen LogP contribution < -0.4 is 0 Å². The highest BCUT2D eigenvalue weighted by atomic mass is 16.2. The van der Waals surface area contributed by atoms with Gasteiger partial charge in [0.15, 0.2) is 0 Å². The van der Waals surface area contributed by atoms with Crippen molar-refractivity contribution >= 4 is 5.91 Å². The Morgan fingerprint density at radius 2 is 1.85 bits per heavy atom. The lowest BCUT2D eigenvalue weighted by Gasteiger charge is -2.16. The van der Waals surface area contributed by atoms with E-state index in [1.807, 2.05) is 42.3 Å². The maximum absolute atomic E-state index is 12.5. The molecule has 2 aromatic carbocycles. The monoisotopic (exact) mass is 361 g/mol. The third-order valence-corrected chi connectivity index (χ3v) is 4.83. The molecule has 0 saturated carbocycles. The molecule has 0 spiro atoms. The predicted octanol–water partition coefficient (Wildman–Crippen LogP) is 4.14. The summed E-state index contributed by atoms with van der Waals surface area (Å²) in [6.45, 7) is 5.52. The van der Waals surface area contributed by atoms with Crippen LogP contribution in [0.2, 0.25) is 0 Å². The van der Waals surface area contributed by atoms with Crippen molar-refractivity contribution in [2.24, 2.45) is 0 Å². The van der Waals surface area contributed by atoms with Crippen molar-refractivity contribution in [3.63, 3.8) is 0 Å². The minimum Gasteiger partial charge on any atom is -0.341 e. The zero-order valence-corrected chi connectivity index (χ0v) is 16.4. The van der Waals surface area contributed by atoms with Gasteiger partial charge < -0.3 is 4.90 Å². The molecular weight excluding hydrogens is 334 g/mol. The van der Waals surface area contributed by atoms with Gasteiger partial charge in [-0.25, -0.2) is 0 Å². The summed E-state index contributed by atoms with van der Waals surface area (Å²) in [7, 11) is 1.86. The number of carbonyl (C=O) groups is 1. The number of carbonyl (C=O) groups excluding carboxylic acids is 1. The number of hydrogen-bond donors (Lipinski definition) is 0. The molecule has 1 aromatic heterocycles. The van der Waals surface area contributed by atoms with Crippen LogP contribution in [-0.2, 0) is 24.3 Å². The molecule has 3 aromatic rings. The number of benzene rings is 2. The van der Waals surface area contributed by atoms with Crippen molar-refractivity contribution in [2.45, 2.75) is 39.8 Å². The number of aromatic nitrogens is 2. The predicted molar refractivity (Wildman–Crippen MR) is 108 cm³/mol. The Morgan fingerprint density at radius 3 is 2.59 bits per heavy atom. The Hall–Kier alpha value is -2.88. The van der Waals surface area contributed by atoms with Crippen LogP contribution in [0.5, 0.6) is 0 Å². The van der Waals surface area contributed by atoms with Gasteiger partial charge in [-0.05, 0) is 37.0 Å². The molecule has 1 amide bonds. The van der Waals surface area contributed by atoms with Crippen LogP contribution in [0.15, 0.2) is 60.9 Å². The van der Waals surface area contributed by atoms with E-state index in [0.29, 0.717) is 13.0 Å². The van der Waals surface area contributed by atoms with E-state index in [4.69, 9.17) is 0 Å². The van der Waals surface area contributed by atoms with E-state index in [-0.39, 0.29) is 5.91 Å². The van der Waals surface area contributed by atoms with Crippen LogP contribution in [-0.4, -0.2) is 27.6 Å². The summed E-state index contributed by atoms with van der Waals surface area (Å²) in [5.41, 5.74) is 6.02. The molecule has 0 aliphatic carbocycles. The maximum Gasteiger partial charge on any atom is 0.222 e. The van der Waals surface area contributed by atoms with E-state index in [9.17, 15) is 4.79 Å². The van der Waals surface area contributed by atoms with E-state index in [1.54, 1.807) is 4.90 Å². The molecule has 0 aliphatic rings. The minimum atomic E-state index is 0.158. The highest BCUT2D eigenvalue weighted by Gasteiger charge is 2.11. The Kier molecular flexibility index (Phi) is 6.07. The van der Waals surface area contributed by atoms with Crippen LogP contribution in [0.1, 0.15) is 34.2 Å². The van der Waals surface area contributed by atoms with Crippen molar-refractivity contribution in [1.82, 2.24) is 14.7 Å². The van der Waals surface area contributed by atoms with Gasteiger partial charge in [0, 0.05) is 31.8 Å². The molecule has 0 saturated heterocycles. The maximum atomic E-state index is 12.5. The summed E-state index contributed by atoms with van der Waals surface area (Å²) in [5.74, 6) is 0.158. The molecule has 0 atom stereocenters. The van der Waals surface area contributed by atoms with Crippen LogP contribution in [0, 0.1) is 13.8 Å². The molecule has 1 heterocycles. The SMILES string of the molecule is Cc1ccc(CCC(=O)N(C)Cc2cnn(Cc3ccccc3)c2)c(C)c1. The average Bonchev–Trinajstić information content (AvgIpc) is 3.08. The van der Waals surface area contributed by atoms with Gasteiger partial charge in [-0.15, -0.1) is 0 Å². The first kappa shape index (κ1) is 18.9. The van der Waals surface area contributed by atoms with E-state index >= 15 is 0 Å². The quantitative estimate of drug-likeness (QED) is 0.634. The smallest absolute Gasteiger partial charge is 0.222 e. The minimum absolute atomic E-state index is 0.158. The summed E-state index contributed by atoms with van der Waals surface area (Å²) < 4.78 is 1.92. The highest BCUT2D eigenvalue weighted by molar-refractivity contribution is 5.76. The third-order valence-electron chi connectivity index (χ3n) is 4.83. The first-order valence-corrected chi connectivity index (χ1v) is 9.36. The molecule has 0 radical (unpaired) electrons. The number of nitrogens with zero attached hydrogens (tertiary/aromatic N) is 3. The van der Waals surface area contributed by atoms with E-state index in [0.717, 1.165) is 18.5 Å². The molecule has 0 aliphatic heterocycles. The lowest BCUT2D eigenvalue weighted by atomic mass is 10.0. The first-order valence-electron chi connectivity index (χ1n) is 9.36.